The van der Waals surface area contributed by atoms with Crippen LogP contribution in [-0.4, -0.2) is 27.2 Å². The summed E-state index contributed by atoms with van der Waals surface area (Å²) in [5.41, 5.74) is 1.40. The number of aromatic nitrogens is 2. The van der Waals surface area contributed by atoms with Crippen molar-refractivity contribution in [2.75, 3.05) is 5.32 Å². The van der Waals surface area contributed by atoms with Gasteiger partial charge in [0.15, 0.2) is 0 Å². The fraction of sp³-hybridized carbons (Fsp3) is 0.312. The maximum Gasteiger partial charge on any atom is 0.322 e. The van der Waals surface area contributed by atoms with Crippen LogP contribution in [-0.2, 0) is 6.42 Å². The average molecular weight is 428 g/mol. The highest BCUT2D eigenvalue weighted by molar-refractivity contribution is 9.10. The molecule has 0 spiro atoms. The van der Waals surface area contributed by atoms with Crippen LogP contribution in [0.2, 0.25) is 5.02 Å². The summed E-state index contributed by atoms with van der Waals surface area (Å²) in [4.78, 5) is 25.9. The summed E-state index contributed by atoms with van der Waals surface area (Å²) in [7, 11) is 0. The first kappa shape index (κ1) is 16.5. The molecule has 0 aliphatic carbocycles. The number of nitrogens with zero attached hydrogens (tertiary/aromatic N) is 2. The van der Waals surface area contributed by atoms with E-state index in [1.54, 1.807) is 11.0 Å². The molecule has 1 fully saturated rings. The minimum absolute atomic E-state index is 0.0279. The molecule has 25 heavy (non-hydrogen) atoms. The quantitative estimate of drug-likeness (QED) is 0.682. The molecule has 0 radical (unpaired) electrons. The molecule has 2 N–H and O–H groups in total. The third-order valence-corrected chi connectivity index (χ3v) is 5.88. The Morgan fingerprint density at radius 1 is 1.40 bits per heavy atom. The van der Waals surface area contributed by atoms with Gasteiger partial charge in [-0.05, 0) is 52.9 Å². The van der Waals surface area contributed by atoms with Gasteiger partial charge in [0.1, 0.15) is 5.82 Å². The van der Waals surface area contributed by atoms with Crippen LogP contribution >= 0.6 is 27.5 Å². The minimum atomic E-state index is -0.603. The molecule has 2 aliphatic rings. The first-order valence-corrected chi connectivity index (χ1v) is 8.93. The van der Waals surface area contributed by atoms with E-state index in [2.05, 4.69) is 31.4 Å². The highest BCUT2D eigenvalue weighted by atomic mass is 79.9. The molecule has 2 aromatic rings. The second-order valence-corrected chi connectivity index (χ2v) is 7.44. The van der Waals surface area contributed by atoms with Crippen molar-refractivity contribution in [2.45, 2.75) is 31.3 Å². The molecule has 2 amide bonds. The summed E-state index contributed by atoms with van der Waals surface area (Å²) in [5, 5.41) is 9.40. The number of aromatic amines is 1. The van der Waals surface area contributed by atoms with Gasteiger partial charge in [0.2, 0.25) is 0 Å². The van der Waals surface area contributed by atoms with E-state index in [0.717, 1.165) is 24.5 Å². The van der Waals surface area contributed by atoms with Gasteiger partial charge in [0, 0.05) is 16.6 Å². The summed E-state index contributed by atoms with van der Waals surface area (Å²) < 4.78 is 14.6. The summed E-state index contributed by atoms with van der Waals surface area (Å²) in [5.74, 6) is -0.603. The Morgan fingerprint density at radius 2 is 2.20 bits per heavy atom. The first-order chi connectivity index (χ1) is 11.9. The van der Waals surface area contributed by atoms with Gasteiger partial charge in [0.25, 0.3) is 5.56 Å². The number of carbonyl (C=O) groups excluding carboxylic acids is 1. The lowest BCUT2D eigenvalue weighted by Gasteiger charge is -2.35. The van der Waals surface area contributed by atoms with E-state index in [0.29, 0.717) is 16.6 Å². The largest absolute Gasteiger partial charge is 0.322 e. The predicted octanol–water partition coefficient (Wildman–Crippen LogP) is 3.62. The van der Waals surface area contributed by atoms with Gasteiger partial charge in [-0.2, -0.15) is 5.10 Å². The lowest BCUT2D eigenvalue weighted by atomic mass is 9.99. The van der Waals surface area contributed by atoms with Crippen molar-refractivity contribution < 1.29 is 9.18 Å². The zero-order chi connectivity index (χ0) is 17.7. The Hall–Kier alpha value is -1.93. The molecule has 9 heteroatoms. The number of H-pyrrole nitrogens is 1. The van der Waals surface area contributed by atoms with Crippen LogP contribution in [0, 0.1) is 5.82 Å². The highest BCUT2D eigenvalue weighted by Gasteiger charge is 2.44. The van der Waals surface area contributed by atoms with Gasteiger partial charge in [-0.25, -0.2) is 14.3 Å². The van der Waals surface area contributed by atoms with Crippen molar-refractivity contribution in [2.24, 2.45) is 0 Å². The summed E-state index contributed by atoms with van der Waals surface area (Å²) in [6, 6.07) is 3.49. The number of rotatable bonds is 1. The lowest BCUT2D eigenvalue weighted by molar-refractivity contribution is 0.177. The number of carbonyl (C=O) groups is 1. The lowest BCUT2D eigenvalue weighted by Crippen LogP contribution is -2.45. The van der Waals surface area contributed by atoms with Crippen molar-refractivity contribution in [3.8, 4) is 0 Å². The van der Waals surface area contributed by atoms with Crippen molar-refractivity contribution >= 4 is 39.2 Å². The normalized spacial score (nSPS) is 21.2. The van der Waals surface area contributed by atoms with Gasteiger partial charge >= 0.3 is 6.03 Å². The van der Waals surface area contributed by atoms with Crippen LogP contribution in [0.4, 0.5) is 14.9 Å². The molecular formula is C16H13BrClFN4O2. The van der Waals surface area contributed by atoms with Crippen molar-refractivity contribution in [3.05, 3.63) is 55.1 Å². The van der Waals surface area contributed by atoms with Gasteiger partial charge in [-0.15, -0.1) is 0 Å². The Kier molecular flexibility index (Phi) is 4.04. The van der Waals surface area contributed by atoms with Crippen molar-refractivity contribution in [1.82, 2.24) is 15.1 Å². The number of nitrogens with one attached hydrogen (secondary N) is 2. The van der Waals surface area contributed by atoms with Crippen LogP contribution in [0.5, 0.6) is 0 Å². The molecule has 130 valence electrons. The zero-order valence-corrected chi connectivity index (χ0v) is 15.2. The maximum atomic E-state index is 14.1. The zero-order valence-electron chi connectivity index (χ0n) is 12.9. The second kappa shape index (κ2) is 6.10. The molecule has 1 aromatic carbocycles. The third-order valence-electron chi connectivity index (χ3n) is 4.68. The SMILES string of the molecule is O=C(Nc1cc(Br)c(Cl)cc1F)N1[C@H]2CC[C@@H]1c1n[nH]c(=O)cc1C2. The fourth-order valence-electron chi connectivity index (χ4n) is 3.61. The third kappa shape index (κ3) is 2.83. The van der Waals surface area contributed by atoms with E-state index in [4.69, 9.17) is 11.6 Å². The van der Waals surface area contributed by atoms with Gasteiger partial charge in [-0.3, -0.25) is 4.79 Å². The number of fused-ring (bicyclic) bond motifs is 4. The molecule has 1 aromatic heterocycles. The highest BCUT2D eigenvalue weighted by Crippen LogP contribution is 2.42. The Labute approximate surface area is 155 Å². The van der Waals surface area contributed by atoms with Gasteiger partial charge in [0.05, 0.1) is 22.4 Å². The number of hydrogen-bond donors (Lipinski definition) is 2. The maximum absolute atomic E-state index is 14.1. The van der Waals surface area contributed by atoms with E-state index < -0.39 is 5.82 Å². The van der Waals surface area contributed by atoms with Gasteiger partial charge in [-0.1, -0.05) is 11.6 Å². The molecule has 0 saturated carbocycles. The minimum Gasteiger partial charge on any atom is -0.313 e. The van der Waals surface area contributed by atoms with E-state index >= 15 is 0 Å². The Balaban J connectivity index is 1.63. The molecule has 4 rings (SSSR count). The number of halogens is 3. The van der Waals surface area contributed by atoms with Gasteiger partial charge < -0.3 is 10.2 Å². The van der Waals surface area contributed by atoms with E-state index in [9.17, 15) is 14.0 Å². The molecule has 0 unspecified atom stereocenters. The fourth-order valence-corrected chi connectivity index (χ4v) is 4.11. The topological polar surface area (TPSA) is 78.1 Å². The average Bonchev–Trinajstić information content (AvgIpc) is 2.88. The number of hydrogen-bond acceptors (Lipinski definition) is 3. The van der Waals surface area contributed by atoms with Crippen LogP contribution in [0.25, 0.3) is 0 Å². The van der Waals surface area contributed by atoms with Crippen LogP contribution in [0.15, 0.2) is 27.5 Å². The molecule has 6 nitrogen and oxygen atoms in total. The molecular weight excluding hydrogens is 415 g/mol. The molecule has 2 atom stereocenters. The Morgan fingerprint density at radius 3 is 3.00 bits per heavy atom. The van der Waals surface area contributed by atoms with Crippen LogP contribution < -0.4 is 10.9 Å². The summed E-state index contributed by atoms with van der Waals surface area (Å²) >= 11 is 9.07. The summed E-state index contributed by atoms with van der Waals surface area (Å²) in [6.07, 6.45) is 2.15. The molecule has 2 aliphatic heterocycles. The first-order valence-electron chi connectivity index (χ1n) is 7.76. The van der Waals surface area contributed by atoms with E-state index in [1.807, 2.05) is 0 Å². The number of anilines is 1. The van der Waals surface area contributed by atoms with Crippen molar-refractivity contribution in [1.29, 1.82) is 0 Å². The number of amides is 2. The second-order valence-electron chi connectivity index (χ2n) is 6.18. The van der Waals surface area contributed by atoms with Crippen LogP contribution in [0.1, 0.15) is 30.1 Å². The van der Waals surface area contributed by atoms with E-state index in [-0.39, 0.29) is 34.4 Å². The number of urea groups is 1. The van der Waals surface area contributed by atoms with Crippen molar-refractivity contribution in [3.63, 3.8) is 0 Å². The molecule has 2 bridgehead atoms. The molecule has 3 heterocycles. The summed E-state index contributed by atoms with van der Waals surface area (Å²) in [6.45, 7) is 0. The standard InChI is InChI=1S/C16H13BrClFN4O2/c17-9-5-12(11(19)6-10(9)18)20-16(25)23-8-1-2-13(23)15-7(3-8)4-14(24)21-22-15/h4-6,8,13H,1-3H2,(H,20,25)(H,21,24)/t8-,13+/m0/s1. The molecule has 1 saturated heterocycles. The number of benzene rings is 1. The van der Waals surface area contributed by atoms with E-state index in [1.165, 1.54) is 6.07 Å². The smallest absolute Gasteiger partial charge is 0.313 e. The van der Waals surface area contributed by atoms with Crippen LogP contribution in [0.3, 0.4) is 0 Å². The predicted molar refractivity (Wildman–Crippen MR) is 94.3 cm³/mol. The Bertz CT molecular complexity index is 935. The monoisotopic (exact) mass is 426 g/mol.